The Morgan fingerprint density at radius 2 is 2.25 bits per heavy atom. The van der Waals surface area contributed by atoms with Gasteiger partial charge in [-0.15, -0.1) is 17.8 Å². The summed E-state index contributed by atoms with van der Waals surface area (Å²) in [4.78, 5) is 10.6. The van der Waals surface area contributed by atoms with Crippen molar-refractivity contribution >= 4 is 23.0 Å². The van der Waals surface area contributed by atoms with Gasteiger partial charge in [0.25, 0.3) is 0 Å². The fourth-order valence-electron chi connectivity index (χ4n) is 2.91. The van der Waals surface area contributed by atoms with E-state index < -0.39 is 6.10 Å². The van der Waals surface area contributed by atoms with Crippen molar-refractivity contribution in [1.82, 2.24) is 20.2 Å². The van der Waals surface area contributed by atoms with Crippen LogP contribution in [0.25, 0.3) is 10.7 Å². The SMILES string of the molecule is C#Cc1cnc(-c2ccc(C(O)CCCO)s2)nc1Nc1cc(C2CC2)[nH]n1. The molecule has 4 rings (SSSR count). The molecule has 3 aromatic rings. The number of nitrogens with zero attached hydrogens (tertiary/aromatic N) is 3. The second kappa shape index (κ2) is 8.10. The van der Waals surface area contributed by atoms with E-state index in [-0.39, 0.29) is 6.61 Å². The van der Waals surface area contributed by atoms with Gasteiger partial charge in [-0.1, -0.05) is 5.92 Å². The number of rotatable bonds is 8. The second-order valence-corrected chi connectivity index (χ2v) is 7.91. The first-order valence-electron chi connectivity index (χ1n) is 9.23. The predicted molar refractivity (Wildman–Crippen MR) is 108 cm³/mol. The Labute approximate surface area is 166 Å². The molecule has 1 unspecified atom stereocenters. The van der Waals surface area contributed by atoms with Crippen LogP contribution < -0.4 is 5.32 Å². The number of H-pyrrole nitrogens is 1. The van der Waals surface area contributed by atoms with Crippen LogP contribution in [0.2, 0.25) is 0 Å². The molecule has 3 aromatic heterocycles. The summed E-state index contributed by atoms with van der Waals surface area (Å²) >= 11 is 1.43. The smallest absolute Gasteiger partial charge is 0.171 e. The number of hydrogen-bond donors (Lipinski definition) is 4. The van der Waals surface area contributed by atoms with Crippen LogP contribution in [0, 0.1) is 12.3 Å². The first kappa shape index (κ1) is 18.6. The van der Waals surface area contributed by atoms with Crippen molar-refractivity contribution < 1.29 is 10.2 Å². The zero-order chi connectivity index (χ0) is 19.5. The molecule has 0 bridgehead atoms. The molecule has 28 heavy (non-hydrogen) atoms. The van der Waals surface area contributed by atoms with Gasteiger partial charge in [0.2, 0.25) is 0 Å². The van der Waals surface area contributed by atoms with Crippen molar-refractivity contribution in [2.45, 2.75) is 37.7 Å². The predicted octanol–water partition coefficient (Wildman–Crippen LogP) is 3.34. The lowest BCUT2D eigenvalue weighted by Gasteiger charge is -2.07. The number of aromatic nitrogens is 4. The van der Waals surface area contributed by atoms with Gasteiger partial charge in [-0.2, -0.15) is 5.10 Å². The van der Waals surface area contributed by atoms with Crippen molar-refractivity contribution in [2.24, 2.45) is 0 Å². The van der Waals surface area contributed by atoms with Crippen LogP contribution in [0.15, 0.2) is 24.4 Å². The molecule has 4 N–H and O–H groups in total. The van der Waals surface area contributed by atoms with Gasteiger partial charge in [0.1, 0.15) is 0 Å². The van der Waals surface area contributed by atoms with Gasteiger partial charge in [-0.3, -0.25) is 5.10 Å². The minimum Gasteiger partial charge on any atom is -0.396 e. The van der Waals surface area contributed by atoms with Crippen LogP contribution in [0.4, 0.5) is 11.6 Å². The van der Waals surface area contributed by atoms with E-state index in [0.717, 1.165) is 15.4 Å². The third kappa shape index (κ3) is 4.07. The van der Waals surface area contributed by atoms with Crippen molar-refractivity contribution in [1.29, 1.82) is 0 Å². The van der Waals surface area contributed by atoms with Crippen molar-refractivity contribution in [3.63, 3.8) is 0 Å². The second-order valence-electron chi connectivity index (χ2n) is 6.79. The van der Waals surface area contributed by atoms with Crippen LogP contribution in [-0.4, -0.2) is 37.0 Å². The molecule has 0 radical (unpaired) electrons. The molecule has 0 spiro atoms. The zero-order valence-corrected chi connectivity index (χ0v) is 16.0. The third-order valence-electron chi connectivity index (χ3n) is 4.62. The first-order valence-corrected chi connectivity index (χ1v) is 10.0. The van der Waals surface area contributed by atoms with E-state index in [1.807, 2.05) is 18.2 Å². The maximum Gasteiger partial charge on any atom is 0.171 e. The van der Waals surface area contributed by atoms with Gasteiger partial charge in [-0.05, 0) is 37.8 Å². The maximum atomic E-state index is 10.2. The van der Waals surface area contributed by atoms with E-state index in [0.29, 0.717) is 41.8 Å². The van der Waals surface area contributed by atoms with Gasteiger partial charge in [0.15, 0.2) is 17.5 Å². The molecule has 8 heteroatoms. The summed E-state index contributed by atoms with van der Waals surface area (Å²) in [5.74, 6) is 4.91. The number of nitrogens with one attached hydrogen (secondary N) is 2. The Kier molecular flexibility index (Phi) is 5.39. The number of thiophene rings is 1. The molecule has 1 atom stereocenters. The van der Waals surface area contributed by atoms with Crippen LogP contribution in [0.1, 0.15) is 53.8 Å². The summed E-state index contributed by atoms with van der Waals surface area (Å²) in [5.41, 5.74) is 1.68. The van der Waals surface area contributed by atoms with Crippen molar-refractivity contribution in [3.05, 3.63) is 40.5 Å². The Balaban J connectivity index is 1.56. The van der Waals surface area contributed by atoms with Gasteiger partial charge < -0.3 is 15.5 Å². The fraction of sp³-hybridized carbons (Fsp3) is 0.350. The Bertz CT molecular complexity index is 1000. The normalized spacial score (nSPS) is 14.6. The lowest BCUT2D eigenvalue weighted by Crippen LogP contribution is -2.00. The number of aromatic amines is 1. The number of hydrogen-bond acceptors (Lipinski definition) is 7. The molecule has 7 nitrogen and oxygen atoms in total. The standard InChI is InChI=1S/C20H21N5O2S/c1-2-12-11-21-20(17-8-7-16(28-17)15(27)4-3-9-26)23-19(12)22-18-10-14(24-25-18)13-5-6-13/h1,7-8,10-11,13,15,26-27H,3-6,9H2,(H2,21,22,23,24,25). The molecule has 1 fully saturated rings. The Morgan fingerprint density at radius 1 is 1.39 bits per heavy atom. The van der Waals surface area contributed by atoms with E-state index in [9.17, 15) is 5.11 Å². The minimum absolute atomic E-state index is 0.0661. The van der Waals surface area contributed by atoms with Gasteiger partial charge >= 0.3 is 0 Å². The zero-order valence-electron chi connectivity index (χ0n) is 15.2. The van der Waals surface area contributed by atoms with E-state index >= 15 is 0 Å². The Hall–Kier alpha value is -2.73. The van der Waals surface area contributed by atoms with Crippen LogP contribution in [0.3, 0.4) is 0 Å². The van der Waals surface area contributed by atoms with Crippen molar-refractivity contribution in [3.8, 4) is 23.0 Å². The summed E-state index contributed by atoms with van der Waals surface area (Å²) in [6.45, 7) is 0.0661. The average molecular weight is 395 g/mol. The van der Waals surface area contributed by atoms with E-state index in [4.69, 9.17) is 11.5 Å². The monoisotopic (exact) mass is 395 g/mol. The van der Waals surface area contributed by atoms with E-state index in [2.05, 4.69) is 31.4 Å². The molecule has 1 aliphatic rings. The van der Waals surface area contributed by atoms with E-state index in [1.54, 1.807) is 6.20 Å². The van der Waals surface area contributed by atoms with E-state index in [1.165, 1.54) is 24.2 Å². The molecule has 144 valence electrons. The molecule has 0 aliphatic heterocycles. The summed E-state index contributed by atoms with van der Waals surface area (Å²) in [7, 11) is 0. The highest BCUT2D eigenvalue weighted by Crippen LogP contribution is 2.39. The first-order chi connectivity index (χ1) is 13.7. The highest BCUT2D eigenvalue weighted by molar-refractivity contribution is 7.15. The number of aliphatic hydroxyl groups excluding tert-OH is 2. The molecule has 0 amide bonds. The highest BCUT2D eigenvalue weighted by atomic mass is 32.1. The third-order valence-corrected chi connectivity index (χ3v) is 5.80. The lowest BCUT2D eigenvalue weighted by atomic mass is 10.2. The molecule has 1 saturated carbocycles. The summed E-state index contributed by atoms with van der Waals surface area (Å²) < 4.78 is 0. The average Bonchev–Trinajstić information content (AvgIpc) is 3.25. The topological polar surface area (TPSA) is 107 Å². The molecule has 0 aromatic carbocycles. The largest absolute Gasteiger partial charge is 0.396 e. The van der Waals surface area contributed by atoms with Gasteiger partial charge in [0.05, 0.1) is 16.5 Å². The quantitative estimate of drug-likeness (QED) is 0.436. The molecular weight excluding hydrogens is 374 g/mol. The lowest BCUT2D eigenvalue weighted by molar-refractivity contribution is 0.155. The molecule has 3 heterocycles. The Morgan fingerprint density at radius 3 is 3.00 bits per heavy atom. The highest BCUT2D eigenvalue weighted by Gasteiger charge is 2.25. The summed E-state index contributed by atoms with van der Waals surface area (Å²) in [6, 6.07) is 5.74. The number of aliphatic hydroxyl groups is 2. The van der Waals surface area contributed by atoms with Crippen LogP contribution in [-0.2, 0) is 0 Å². The van der Waals surface area contributed by atoms with Crippen molar-refractivity contribution in [2.75, 3.05) is 11.9 Å². The number of anilines is 2. The van der Waals surface area contributed by atoms with Gasteiger partial charge in [-0.25, -0.2) is 9.97 Å². The summed E-state index contributed by atoms with van der Waals surface area (Å²) in [6.07, 6.45) is 10.1. The van der Waals surface area contributed by atoms with Crippen LogP contribution in [0.5, 0.6) is 0 Å². The minimum atomic E-state index is -0.599. The van der Waals surface area contributed by atoms with Crippen LogP contribution >= 0.6 is 11.3 Å². The maximum absolute atomic E-state index is 10.2. The fourth-order valence-corrected chi connectivity index (χ4v) is 3.88. The molecule has 0 saturated heterocycles. The molecule has 1 aliphatic carbocycles. The molecular formula is C20H21N5O2S. The number of terminal acetylenes is 1. The summed E-state index contributed by atoms with van der Waals surface area (Å²) in [5, 5.41) is 29.7. The van der Waals surface area contributed by atoms with Gasteiger partial charge in [0, 0.05) is 35.4 Å².